The maximum Gasteiger partial charge on any atom is 0.173 e. The van der Waals surface area contributed by atoms with E-state index in [1.165, 1.54) is 6.07 Å². The van der Waals surface area contributed by atoms with Crippen molar-refractivity contribution in [3.8, 4) is 11.4 Å². The summed E-state index contributed by atoms with van der Waals surface area (Å²) in [6.07, 6.45) is 0. The largest absolute Gasteiger partial charge is 0.343 e. The van der Waals surface area contributed by atoms with Crippen molar-refractivity contribution in [2.45, 2.75) is 13.8 Å². The number of nitrogens with zero attached hydrogens (tertiary/aromatic N) is 1. The Balaban J connectivity index is 2.70. The molecular formula is C12H9BrF2N2S. The van der Waals surface area contributed by atoms with E-state index in [9.17, 15) is 8.78 Å². The smallest absolute Gasteiger partial charge is 0.173 e. The van der Waals surface area contributed by atoms with Crippen LogP contribution >= 0.6 is 28.1 Å². The lowest BCUT2D eigenvalue weighted by Crippen LogP contribution is -1.98. The highest BCUT2D eigenvalue weighted by Gasteiger charge is 2.14. The monoisotopic (exact) mass is 330 g/mol. The van der Waals surface area contributed by atoms with Gasteiger partial charge < -0.3 is 4.98 Å². The van der Waals surface area contributed by atoms with Crippen LogP contribution in [0, 0.1) is 30.1 Å². The van der Waals surface area contributed by atoms with E-state index in [-0.39, 0.29) is 4.47 Å². The first-order valence-corrected chi connectivity index (χ1v) is 6.33. The van der Waals surface area contributed by atoms with Crippen molar-refractivity contribution < 1.29 is 8.78 Å². The number of aromatic nitrogens is 2. The number of hydrogen-bond acceptors (Lipinski definition) is 2. The lowest BCUT2D eigenvalue weighted by Gasteiger charge is -2.08. The van der Waals surface area contributed by atoms with Gasteiger partial charge in [-0.05, 0) is 41.9 Å². The van der Waals surface area contributed by atoms with Gasteiger partial charge in [-0.25, -0.2) is 13.8 Å². The molecule has 0 atom stereocenters. The molecule has 0 aliphatic rings. The Morgan fingerprint density at radius 3 is 2.56 bits per heavy atom. The van der Waals surface area contributed by atoms with Gasteiger partial charge in [0.25, 0.3) is 0 Å². The molecule has 1 aromatic carbocycles. The van der Waals surface area contributed by atoms with Crippen LogP contribution in [-0.2, 0) is 0 Å². The zero-order valence-electron chi connectivity index (χ0n) is 9.64. The standard InChI is InChI=1S/C12H9BrF2N2S/c1-5-6(2)16-11(17-12(5)18)7-3-4-8(14)10(15)9(7)13/h3-4H,1-2H3,(H,16,17,18). The summed E-state index contributed by atoms with van der Waals surface area (Å²) in [5.41, 5.74) is 2.15. The quantitative estimate of drug-likeness (QED) is 0.617. The number of rotatable bonds is 1. The van der Waals surface area contributed by atoms with Gasteiger partial charge in [-0.1, -0.05) is 12.2 Å². The van der Waals surface area contributed by atoms with E-state index < -0.39 is 11.6 Å². The zero-order valence-corrected chi connectivity index (χ0v) is 12.0. The third-order valence-corrected chi connectivity index (χ3v) is 3.87. The normalized spacial score (nSPS) is 10.7. The highest BCUT2D eigenvalue weighted by molar-refractivity contribution is 9.10. The summed E-state index contributed by atoms with van der Waals surface area (Å²) in [4.78, 5) is 7.20. The topological polar surface area (TPSA) is 28.7 Å². The van der Waals surface area contributed by atoms with E-state index in [1.807, 2.05) is 13.8 Å². The second-order valence-corrected chi connectivity index (χ2v) is 5.04. The molecule has 0 unspecified atom stereocenters. The van der Waals surface area contributed by atoms with Crippen LogP contribution in [0.15, 0.2) is 16.6 Å². The summed E-state index contributed by atoms with van der Waals surface area (Å²) >= 11 is 8.14. The van der Waals surface area contributed by atoms with E-state index in [1.54, 1.807) is 0 Å². The molecule has 0 spiro atoms. The van der Waals surface area contributed by atoms with Gasteiger partial charge in [0, 0.05) is 16.8 Å². The minimum absolute atomic E-state index is 0.0314. The van der Waals surface area contributed by atoms with E-state index in [0.29, 0.717) is 16.0 Å². The minimum atomic E-state index is -0.938. The molecule has 0 bridgehead atoms. The Bertz CT molecular complexity index is 683. The summed E-state index contributed by atoms with van der Waals surface area (Å²) in [6.45, 7) is 3.70. The summed E-state index contributed by atoms with van der Waals surface area (Å²) in [7, 11) is 0. The molecule has 94 valence electrons. The molecule has 1 heterocycles. The van der Waals surface area contributed by atoms with Crippen LogP contribution in [-0.4, -0.2) is 9.97 Å². The van der Waals surface area contributed by atoms with Crippen LogP contribution < -0.4 is 0 Å². The minimum Gasteiger partial charge on any atom is -0.343 e. The first-order valence-electron chi connectivity index (χ1n) is 5.13. The highest BCUT2D eigenvalue weighted by atomic mass is 79.9. The third kappa shape index (κ3) is 2.22. The van der Waals surface area contributed by atoms with Gasteiger partial charge in [0.05, 0.1) is 4.47 Å². The SMILES string of the molecule is Cc1[nH]c(-c2ccc(F)c(F)c2Br)nc(=S)c1C. The van der Waals surface area contributed by atoms with Crippen LogP contribution in [0.5, 0.6) is 0 Å². The van der Waals surface area contributed by atoms with Gasteiger partial charge in [-0.2, -0.15) is 0 Å². The summed E-state index contributed by atoms with van der Waals surface area (Å²) in [6, 6.07) is 2.51. The van der Waals surface area contributed by atoms with E-state index in [0.717, 1.165) is 17.3 Å². The van der Waals surface area contributed by atoms with Crippen LogP contribution in [0.3, 0.4) is 0 Å². The highest BCUT2D eigenvalue weighted by Crippen LogP contribution is 2.30. The Labute approximate surface area is 116 Å². The molecule has 0 saturated heterocycles. The lowest BCUT2D eigenvalue weighted by atomic mass is 10.2. The van der Waals surface area contributed by atoms with E-state index in [2.05, 4.69) is 25.9 Å². The van der Waals surface area contributed by atoms with Crippen molar-refractivity contribution >= 4 is 28.1 Å². The maximum atomic E-state index is 13.5. The number of aromatic amines is 1. The second kappa shape index (κ2) is 4.85. The van der Waals surface area contributed by atoms with Crippen molar-refractivity contribution in [1.29, 1.82) is 0 Å². The number of aryl methyl sites for hydroxylation is 1. The average Bonchev–Trinajstić information content (AvgIpc) is 2.33. The number of H-pyrrole nitrogens is 1. The molecule has 6 heteroatoms. The molecule has 2 rings (SSSR count). The van der Waals surface area contributed by atoms with Crippen molar-refractivity contribution in [1.82, 2.24) is 9.97 Å². The molecule has 18 heavy (non-hydrogen) atoms. The number of nitrogens with one attached hydrogen (secondary N) is 1. The molecular weight excluding hydrogens is 322 g/mol. The molecule has 1 N–H and O–H groups in total. The Kier molecular flexibility index (Phi) is 3.59. The molecule has 0 aliphatic heterocycles. The molecule has 2 nitrogen and oxygen atoms in total. The van der Waals surface area contributed by atoms with Gasteiger partial charge >= 0.3 is 0 Å². The fraction of sp³-hybridized carbons (Fsp3) is 0.167. The summed E-state index contributed by atoms with van der Waals surface area (Å²) in [5, 5.41) is 0. The Morgan fingerprint density at radius 1 is 1.28 bits per heavy atom. The molecule has 0 aliphatic carbocycles. The fourth-order valence-electron chi connectivity index (χ4n) is 1.48. The predicted molar refractivity (Wildman–Crippen MR) is 71.9 cm³/mol. The maximum absolute atomic E-state index is 13.5. The van der Waals surface area contributed by atoms with Crippen molar-refractivity contribution in [2.75, 3.05) is 0 Å². The first-order chi connectivity index (χ1) is 8.41. The average molecular weight is 331 g/mol. The predicted octanol–water partition coefficient (Wildman–Crippen LogP) is 4.46. The Morgan fingerprint density at radius 2 is 1.94 bits per heavy atom. The van der Waals surface area contributed by atoms with Gasteiger partial charge in [0.15, 0.2) is 11.6 Å². The first kappa shape index (κ1) is 13.3. The zero-order chi connectivity index (χ0) is 13.4. The molecule has 0 saturated carbocycles. The molecule has 0 fully saturated rings. The van der Waals surface area contributed by atoms with Gasteiger partial charge in [-0.3, -0.25) is 0 Å². The molecule has 0 amide bonds. The van der Waals surface area contributed by atoms with Crippen LogP contribution in [0.4, 0.5) is 8.78 Å². The van der Waals surface area contributed by atoms with Crippen molar-refractivity contribution in [2.24, 2.45) is 0 Å². The van der Waals surface area contributed by atoms with Crippen molar-refractivity contribution in [3.63, 3.8) is 0 Å². The third-order valence-electron chi connectivity index (χ3n) is 2.69. The van der Waals surface area contributed by atoms with Gasteiger partial charge in [0.2, 0.25) is 0 Å². The summed E-state index contributed by atoms with van der Waals surface area (Å²) < 4.78 is 27.0. The van der Waals surface area contributed by atoms with Gasteiger partial charge in [-0.15, -0.1) is 0 Å². The van der Waals surface area contributed by atoms with Crippen LogP contribution in [0.2, 0.25) is 0 Å². The molecule has 2 aromatic rings. The fourth-order valence-corrected chi connectivity index (χ4v) is 2.24. The molecule has 1 aromatic heterocycles. The lowest BCUT2D eigenvalue weighted by molar-refractivity contribution is 0.504. The van der Waals surface area contributed by atoms with Crippen LogP contribution in [0.25, 0.3) is 11.4 Å². The van der Waals surface area contributed by atoms with E-state index in [4.69, 9.17) is 12.2 Å². The number of benzene rings is 1. The van der Waals surface area contributed by atoms with E-state index >= 15 is 0 Å². The summed E-state index contributed by atoms with van der Waals surface area (Å²) in [5.74, 6) is -1.44. The number of hydrogen-bond donors (Lipinski definition) is 1. The van der Waals surface area contributed by atoms with Crippen LogP contribution in [0.1, 0.15) is 11.3 Å². The molecule has 0 radical (unpaired) electrons. The van der Waals surface area contributed by atoms with Crippen molar-refractivity contribution in [3.05, 3.63) is 44.1 Å². The van der Waals surface area contributed by atoms with Gasteiger partial charge in [0.1, 0.15) is 10.5 Å². The second-order valence-electron chi connectivity index (χ2n) is 3.86. The Hall–Kier alpha value is -1.14. The number of halogens is 3.